The van der Waals surface area contributed by atoms with Crippen LogP contribution in [0.4, 0.5) is 4.79 Å². The van der Waals surface area contributed by atoms with E-state index < -0.39 is 6.09 Å². The molecule has 0 atom stereocenters. The predicted octanol–water partition coefficient (Wildman–Crippen LogP) is 7.45. The highest BCUT2D eigenvalue weighted by atomic mass is 16.5. The molecule has 1 aromatic carbocycles. The van der Waals surface area contributed by atoms with E-state index in [-0.39, 0.29) is 19.1 Å². The zero-order valence-corrected chi connectivity index (χ0v) is 31.5. The van der Waals surface area contributed by atoms with Crippen LogP contribution >= 0.6 is 0 Å². The lowest BCUT2D eigenvalue weighted by Crippen LogP contribution is -2.35. The first-order valence-electron chi connectivity index (χ1n) is 18.9. The van der Waals surface area contributed by atoms with Gasteiger partial charge in [0.2, 0.25) is 11.6 Å². The van der Waals surface area contributed by atoms with E-state index in [1.54, 1.807) is 28.0 Å². The molecule has 55 heavy (non-hydrogen) atoms. The van der Waals surface area contributed by atoms with Gasteiger partial charge in [-0.15, -0.1) is 5.10 Å². The molecule has 0 unspecified atom stereocenters. The lowest BCUT2D eigenvalue weighted by molar-refractivity contribution is -0.121. The molecule has 2 amide bonds. The molecule has 13 nitrogen and oxygen atoms in total. The second kappa shape index (κ2) is 22.7. The summed E-state index contributed by atoms with van der Waals surface area (Å²) < 4.78 is 8.68. The van der Waals surface area contributed by atoms with Crippen LogP contribution in [0.15, 0.2) is 116 Å². The molecule has 5 aromatic rings. The van der Waals surface area contributed by atoms with Crippen molar-refractivity contribution in [1.82, 2.24) is 50.4 Å². The third kappa shape index (κ3) is 13.9. The largest absolute Gasteiger partial charge is 0.448 e. The summed E-state index contributed by atoms with van der Waals surface area (Å²) in [5.41, 5.74) is 4.38. The maximum Gasteiger partial charge on any atom is 0.407 e. The third-order valence-corrected chi connectivity index (χ3v) is 8.36. The van der Waals surface area contributed by atoms with Gasteiger partial charge in [-0.3, -0.25) is 14.5 Å². The van der Waals surface area contributed by atoms with Crippen LogP contribution in [0.25, 0.3) is 33.5 Å². The molecule has 0 saturated heterocycles. The number of hydrogen-bond donors (Lipinski definition) is 2. The summed E-state index contributed by atoms with van der Waals surface area (Å²) in [6, 6.07) is 10.0. The van der Waals surface area contributed by atoms with E-state index in [2.05, 4.69) is 110 Å². The number of aromatic nitrogens is 8. The summed E-state index contributed by atoms with van der Waals surface area (Å²) in [5, 5.41) is 19.4. The Morgan fingerprint density at radius 1 is 0.855 bits per heavy atom. The van der Waals surface area contributed by atoms with Gasteiger partial charge in [0.05, 0.1) is 36.7 Å². The number of hydrogen-bond acceptors (Lipinski definition) is 9. The quantitative estimate of drug-likeness (QED) is 0.0544. The van der Waals surface area contributed by atoms with Crippen LogP contribution in [0, 0.1) is 0 Å². The molecule has 0 fully saturated rings. The first-order chi connectivity index (χ1) is 27.1. The standard InChI is InChI=1S/C42H50N10O3/c1-2-3-4-5-6-7-8-9-10-11-12-13-14-15-16-17-18-21-39(53)44-25-26-45-42(54)55-28-27-51-33-36(30-47-51)38-31-46-40-41(48-38)52(50-49-40)32-34-22-23-37-35(29-34)20-19-24-43-37/h3-4,6-7,9-10,12-13,15-16,19-20,22-24,29-31,33H,2,5,8,11,14,17-18,21,25-28,32H2,1H3,(H,44,53)(H,45,54)/b4-3-,7-6-,10-9-,13-12-,16-15-. The summed E-state index contributed by atoms with van der Waals surface area (Å²) in [4.78, 5) is 37.9. The molecule has 13 heteroatoms. The molecule has 2 N–H and O–H groups in total. The van der Waals surface area contributed by atoms with Crippen LogP contribution in [0.5, 0.6) is 0 Å². The molecule has 4 aromatic heterocycles. The number of nitrogens with one attached hydrogen (secondary N) is 2. The van der Waals surface area contributed by atoms with Gasteiger partial charge in [-0.1, -0.05) is 85.0 Å². The number of alkyl carbamates (subject to hydrolysis) is 1. The first kappa shape index (κ1) is 40.0. The third-order valence-electron chi connectivity index (χ3n) is 8.36. The van der Waals surface area contributed by atoms with Crippen LogP contribution < -0.4 is 10.6 Å². The molecular formula is C42H50N10O3. The Morgan fingerprint density at radius 2 is 1.60 bits per heavy atom. The fraction of sp³-hybridized carbons (Fsp3) is 0.333. The predicted molar refractivity (Wildman–Crippen MR) is 216 cm³/mol. The lowest BCUT2D eigenvalue weighted by Gasteiger charge is -2.08. The van der Waals surface area contributed by atoms with Gasteiger partial charge in [-0.05, 0) is 68.7 Å². The minimum absolute atomic E-state index is 0.0377. The fourth-order valence-electron chi connectivity index (χ4n) is 5.50. The zero-order valence-electron chi connectivity index (χ0n) is 31.5. The van der Waals surface area contributed by atoms with Crippen molar-refractivity contribution in [1.29, 1.82) is 0 Å². The zero-order chi connectivity index (χ0) is 38.3. The summed E-state index contributed by atoms with van der Waals surface area (Å²) in [6.07, 6.45) is 35.0. The highest BCUT2D eigenvalue weighted by Crippen LogP contribution is 2.19. The summed E-state index contributed by atoms with van der Waals surface area (Å²) in [5.74, 6) is -0.0377. The number of pyridine rings is 1. The molecule has 286 valence electrons. The number of carbonyl (C=O) groups excluding carboxylic acids is 2. The molecule has 5 rings (SSSR count). The molecule has 0 saturated carbocycles. The van der Waals surface area contributed by atoms with Crippen LogP contribution in [0.1, 0.15) is 63.9 Å². The van der Waals surface area contributed by atoms with Crippen molar-refractivity contribution in [2.24, 2.45) is 0 Å². The van der Waals surface area contributed by atoms with E-state index in [1.807, 2.05) is 30.5 Å². The maximum absolute atomic E-state index is 12.1. The molecule has 0 radical (unpaired) electrons. The Bertz CT molecular complexity index is 2110. The number of nitrogens with zero attached hydrogens (tertiary/aromatic N) is 8. The number of unbranched alkanes of at least 4 members (excludes halogenated alkanes) is 1. The van der Waals surface area contributed by atoms with E-state index in [4.69, 9.17) is 9.72 Å². The highest BCUT2D eigenvalue weighted by Gasteiger charge is 2.12. The second-order valence-corrected chi connectivity index (χ2v) is 12.7. The monoisotopic (exact) mass is 742 g/mol. The van der Waals surface area contributed by atoms with Crippen molar-refractivity contribution >= 4 is 34.2 Å². The Kier molecular flexibility index (Phi) is 16.5. The van der Waals surface area contributed by atoms with Crippen LogP contribution in [-0.2, 0) is 22.6 Å². The maximum atomic E-state index is 12.1. The van der Waals surface area contributed by atoms with E-state index in [9.17, 15) is 9.59 Å². The van der Waals surface area contributed by atoms with Crippen molar-refractivity contribution in [3.05, 3.63) is 121 Å². The Hall–Kier alpha value is -6.24. The number of amides is 2. The van der Waals surface area contributed by atoms with Crippen molar-refractivity contribution in [3.63, 3.8) is 0 Å². The highest BCUT2D eigenvalue weighted by molar-refractivity contribution is 5.79. The Balaban J connectivity index is 0.905. The summed E-state index contributed by atoms with van der Waals surface area (Å²) >= 11 is 0. The van der Waals surface area contributed by atoms with E-state index in [0.717, 1.165) is 67.0 Å². The molecule has 0 aliphatic rings. The van der Waals surface area contributed by atoms with Gasteiger partial charge in [0.25, 0.3) is 0 Å². The van der Waals surface area contributed by atoms with Crippen molar-refractivity contribution in [2.45, 2.75) is 71.4 Å². The molecule has 0 aliphatic carbocycles. The molecule has 0 aliphatic heterocycles. The second-order valence-electron chi connectivity index (χ2n) is 12.7. The number of allylic oxidation sites excluding steroid dienone is 10. The number of fused-ring (bicyclic) bond motifs is 2. The van der Waals surface area contributed by atoms with Crippen LogP contribution in [-0.4, -0.2) is 71.4 Å². The van der Waals surface area contributed by atoms with Gasteiger partial charge in [0.1, 0.15) is 6.61 Å². The van der Waals surface area contributed by atoms with E-state index >= 15 is 0 Å². The van der Waals surface area contributed by atoms with E-state index in [0.29, 0.717) is 43.0 Å². The number of carbonyl (C=O) groups is 2. The van der Waals surface area contributed by atoms with Gasteiger partial charge in [-0.2, -0.15) is 5.10 Å². The van der Waals surface area contributed by atoms with Crippen molar-refractivity contribution in [2.75, 3.05) is 19.7 Å². The number of rotatable bonds is 22. The van der Waals surface area contributed by atoms with Crippen LogP contribution in [0.3, 0.4) is 0 Å². The molecular weight excluding hydrogens is 693 g/mol. The van der Waals surface area contributed by atoms with E-state index in [1.165, 1.54) is 0 Å². The minimum atomic E-state index is -0.556. The normalized spacial score (nSPS) is 12.1. The average molecular weight is 743 g/mol. The average Bonchev–Trinajstić information content (AvgIpc) is 3.84. The van der Waals surface area contributed by atoms with Crippen LogP contribution in [0.2, 0.25) is 0 Å². The van der Waals surface area contributed by atoms with Gasteiger partial charge >= 0.3 is 6.09 Å². The first-order valence-corrected chi connectivity index (χ1v) is 18.9. The molecule has 0 bridgehead atoms. The van der Waals surface area contributed by atoms with Gasteiger partial charge in [0, 0.05) is 42.9 Å². The van der Waals surface area contributed by atoms with Gasteiger partial charge in [0.15, 0.2) is 5.65 Å². The smallest absolute Gasteiger partial charge is 0.407 e. The molecule has 0 spiro atoms. The Morgan fingerprint density at radius 3 is 2.38 bits per heavy atom. The number of benzene rings is 1. The SMILES string of the molecule is CC/C=C\C/C=C\C/C=C\C/C=C\C/C=C\CCCC(=O)NCCNC(=O)OCCn1cc(-c2cnc3nnn(Cc4ccc5ncccc5c4)c3n2)cn1. The van der Waals surface area contributed by atoms with Gasteiger partial charge in [-0.25, -0.2) is 19.4 Å². The van der Waals surface area contributed by atoms with Gasteiger partial charge < -0.3 is 15.4 Å². The van der Waals surface area contributed by atoms with Crippen molar-refractivity contribution < 1.29 is 14.3 Å². The summed E-state index contributed by atoms with van der Waals surface area (Å²) in [6.45, 7) is 3.71. The van der Waals surface area contributed by atoms with Crippen molar-refractivity contribution in [3.8, 4) is 11.3 Å². The number of ether oxygens (including phenoxy) is 1. The lowest BCUT2D eigenvalue weighted by atomic mass is 10.1. The fourth-order valence-corrected chi connectivity index (χ4v) is 5.50. The topological polar surface area (TPSA) is 155 Å². The molecule has 4 heterocycles. The Labute approximate surface area is 322 Å². The minimum Gasteiger partial charge on any atom is -0.448 e. The summed E-state index contributed by atoms with van der Waals surface area (Å²) in [7, 11) is 0.